The Labute approximate surface area is 183 Å². The minimum atomic E-state index is -0.886. The predicted molar refractivity (Wildman–Crippen MR) is 118 cm³/mol. The van der Waals surface area contributed by atoms with Gasteiger partial charge in [0.05, 0.1) is 18.4 Å². The van der Waals surface area contributed by atoms with E-state index in [4.69, 9.17) is 9.47 Å². The molecule has 0 bridgehead atoms. The van der Waals surface area contributed by atoms with E-state index in [1.165, 1.54) is 7.11 Å². The minimum Gasteiger partial charge on any atom is -0.469 e. The Bertz CT molecular complexity index is 607. The molecule has 1 fully saturated rings. The standard InChI is InChI=1S/C24H43NO5/c1-16(2)13-18(21(27)30-23(5,6)7)14-24(8,22(28)29-9)15-19(17(3)4)25-12-10-11-20(25)26/h16-19H,10-15H2,1-9H3/t18-,19-,24-/m1/s1. The maximum Gasteiger partial charge on any atom is 0.311 e. The van der Waals surface area contributed by atoms with E-state index in [2.05, 4.69) is 27.7 Å². The largest absolute Gasteiger partial charge is 0.469 e. The summed E-state index contributed by atoms with van der Waals surface area (Å²) in [5.74, 6) is -0.393. The molecule has 1 aliphatic rings. The quantitative estimate of drug-likeness (QED) is 0.478. The Morgan fingerprint density at radius 2 is 1.67 bits per heavy atom. The van der Waals surface area contributed by atoms with Gasteiger partial charge in [0.15, 0.2) is 0 Å². The number of amides is 1. The van der Waals surface area contributed by atoms with Crippen LogP contribution in [0.1, 0.15) is 87.5 Å². The number of likely N-dealkylation sites (tertiary alicyclic amines) is 1. The fourth-order valence-corrected chi connectivity index (χ4v) is 4.44. The van der Waals surface area contributed by atoms with Crippen molar-refractivity contribution in [3.63, 3.8) is 0 Å². The van der Waals surface area contributed by atoms with Crippen molar-refractivity contribution in [3.05, 3.63) is 0 Å². The molecule has 6 nitrogen and oxygen atoms in total. The second-order valence-corrected chi connectivity index (χ2v) is 10.8. The highest BCUT2D eigenvalue weighted by Crippen LogP contribution is 2.39. The Morgan fingerprint density at radius 3 is 2.07 bits per heavy atom. The van der Waals surface area contributed by atoms with Crippen molar-refractivity contribution in [3.8, 4) is 0 Å². The number of ether oxygens (including phenoxy) is 2. The van der Waals surface area contributed by atoms with Crippen LogP contribution in [-0.4, -0.2) is 48.0 Å². The van der Waals surface area contributed by atoms with Crippen molar-refractivity contribution in [1.82, 2.24) is 4.90 Å². The summed E-state index contributed by atoms with van der Waals surface area (Å²) in [5.41, 5.74) is -1.47. The lowest BCUT2D eigenvalue weighted by Crippen LogP contribution is -2.46. The Morgan fingerprint density at radius 1 is 1.07 bits per heavy atom. The van der Waals surface area contributed by atoms with Crippen LogP contribution in [0.5, 0.6) is 0 Å². The second kappa shape index (κ2) is 10.6. The van der Waals surface area contributed by atoms with Gasteiger partial charge in [-0.2, -0.15) is 0 Å². The van der Waals surface area contributed by atoms with Gasteiger partial charge in [-0.3, -0.25) is 14.4 Å². The summed E-state index contributed by atoms with van der Waals surface area (Å²) >= 11 is 0. The lowest BCUT2D eigenvalue weighted by molar-refractivity contribution is -0.165. The van der Waals surface area contributed by atoms with Crippen molar-refractivity contribution in [1.29, 1.82) is 0 Å². The predicted octanol–water partition coefficient (Wildman–Crippen LogP) is 4.60. The van der Waals surface area contributed by atoms with Crippen LogP contribution in [0.15, 0.2) is 0 Å². The fourth-order valence-electron chi connectivity index (χ4n) is 4.44. The third kappa shape index (κ3) is 7.59. The molecular formula is C24H43NO5. The maximum atomic E-state index is 13.0. The molecule has 3 atom stereocenters. The summed E-state index contributed by atoms with van der Waals surface area (Å²) in [6.45, 7) is 16.4. The van der Waals surface area contributed by atoms with Gasteiger partial charge in [-0.1, -0.05) is 27.7 Å². The van der Waals surface area contributed by atoms with E-state index >= 15 is 0 Å². The van der Waals surface area contributed by atoms with E-state index in [-0.39, 0.29) is 35.7 Å². The molecule has 0 aliphatic carbocycles. The monoisotopic (exact) mass is 425 g/mol. The van der Waals surface area contributed by atoms with Crippen LogP contribution in [0.4, 0.5) is 0 Å². The van der Waals surface area contributed by atoms with Crippen molar-refractivity contribution >= 4 is 17.8 Å². The first-order chi connectivity index (χ1) is 13.7. The average Bonchev–Trinajstić information content (AvgIpc) is 3.02. The molecule has 1 heterocycles. The van der Waals surface area contributed by atoms with E-state index in [1.54, 1.807) is 0 Å². The Balaban J connectivity index is 3.20. The van der Waals surface area contributed by atoms with Gasteiger partial charge in [0.2, 0.25) is 5.91 Å². The third-order valence-electron chi connectivity index (χ3n) is 5.81. The zero-order valence-electron chi connectivity index (χ0n) is 20.5. The molecule has 0 unspecified atom stereocenters. The van der Waals surface area contributed by atoms with E-state index < -0.39 is 16.9 Å². The number of hydrogen-bond donors (Lipinski definition) is 0. The van der Waals surface area contributed by atoms with Gasteiger partial charge >= 0.3 is 11.9 Å². The first-order valence-corrected chi connectivity index (χ1v) is 11.3. The minimum absolute atomic E-state index is 0.0672. The topological polar surface area (TPSA) is 72.9 Å². The molecular weight excluding hydrogens is 382 g/mol. The normalized spacial score (nSPS) is 19.0. The van der Waals surface area contributed by atoms with Crippen molar-refractivity contribution < 1.29 is 23.9 Å². The molecule has 174 valence electrons. The van der Waals surface area contributed by atoms with Crippen LogP contribution in [0, 0.1) is 23.2 Å². The average molecular weight is 426 g/mol. The maximum absolute atomic E-state index is 13.0. The number of nitrogens with zero attached hydrogens (tertiary/aromatic N) is 1. The van der Waals surface area contributed by atoms with Gasteiger partial charge < -0.3 is 14.4 Å². The number of carbonyl (C=O) groups excluding carboxylic acids is 3. The van der Waals surface area contributed by atoms with Gasteiger partial charge in [-0.15, -0.1) is 0 Å². The first-order valence-electron chi connectivity index (χ1n) is 11.3. The summed E-state index contributed by atoms with van der Waals surface area (Å²) in [6, 6.07) is -0.0672. The molecule has 0 radical (unpaired) electrons. The molecule has 1 rings (SSSR count). The Hall–Kier alpha value is -1.59. The van der Waals surface area contributed by atoms with Crippen LogP contribution in [-0.2, 0) is 23.9 Å². The summed E-state index contributed by atoms with van der Waals surface area (Å²) in [7, 11) is 1.39. The highest BCUT2D eigenvalue weighted by molar-refractivity contribution is 5.80. The highest BCUT2D eigenvalue weighted by Gasteiger charge is 2.44. The van der Waals surface area contributed by atoms with Crippen LogP contribution in [0.2, 0.25) is 0 Å². The van der Waals surface area contributed by atoms with E-state index in [9.17, 15) is 14.4 Å². The van der Waals surface area contributed by atoms with Crippen molar-refractivity contribution in [2.45, 2.75) is 99.1 Å². The molecule has 6 heteroatoms. The SMILES string of the molecule is COC(=O)[C@](C)(C[C@@H](CC(C)C)C(=O)OC(C)(C)C)C[C@H](C(C)C)N1CCCC1=O. The van der Waals surface area contributed by atoms with E-state index in [0.29, 0.717) is 25.7 Å². The molecule has 0 saturated carbocycles. The van der Waals surface area contributed by atoms with Crippen molar-refractivity contribution in [2.24, 2.45) is 23.2 Å². The lowest BCUT2D eigenvalue weighted by atomic mass is 9.72. The molecule has 30 heavy (non-hydrogen) atoms. The Kier molecular flexibility index (Phi) is 9.37. The molecule has 0 N–H and O–H groups in total. The fraction of sp³-hybridized carbons (Fsp3) is 0.875. The number of rotatable bonds is 10. The molecule has 0 aromatic rings. The number of esters is 2. The molecule has 0 aromatic carbocycles. The molecule has 1 saturated heterocycles. The number of carbonyl (C=O) groups is 3. The second-order valence-electron chi connectivity index (χ2n) is 10.8. The van der Waals surface area contributed by atoms with Crippen LogP contribution in [0.3, 0.4) is 0 Å². The van der Waals surface area contributed by atoms with Crippen LogP contribution in [0.25, 0.3) is 0 Å². The van der Waals surface area contributed by atoms with Gasteiger partial charge in [0.25, 0.3) is 0 Å². The van der Waals surface area contributed by atoms with E-state index in [0.717, 1.165) is 13.0 Å². The van der Waals surface area contributed by atoms with Crippen molar-refractivity contribution in [2.75, 3.05) is 13.7 Å². The third-order valence-corrected chi connectivity index (χ3v) is 5.81. The number of hydrogen-bond acceptors (Lipinski definition) is 5. The highest BCUT2D eigenvalue weighted by atomic mass is 16.6. The van der Waals surface area contributed by atoms with Crippen LogP contribution < -0.4 is 0 Å². The number of methoxy groups -OCH3 is 1. The lowest BCUT2D eigenvalue weighted by Gasteiger charge is -2.39. The smallest absolute Gasteiger partial charge is 0.311 e. The van der Waals surface area contributed by atoms with Gasteiger partial charge in [-0.05, 0) is 65.2 Å². The molecule has 0 spiro atoms. The van der Waals surface area contributed by atoms with Crippen LogP contribution >= 0.6 is 0 Å². The summed E-state index contributed by atoms with van der Waals surface area (Å²) in [6.07, 6.45) is 2.87. The zero-order valence-corrected chi connectivity index (χ0v) is 20.5. The molecule has 0 aromatic heterocycles. The first kappa shape index (κ1) is 26.4. The van der Waals surface area contributed by atoms with Gasteiger partial charge in [0.1, 0.15) is 5.60 Å². The summed E-state index contributed by atoms with van der Waals surface area (Å²) in [5, 5.41) is 0. The van der Waals surface area contributed by atoms with Gasteiger partial charge in [-0.25, -0.2) is 0 Å². The summed E-state index contributed by atoms with van der Waals surface area (Å²) < 4.78 is 10.9. The van der Waals surface area contributed by atoms with E-state index in [1.807, 2.05) is 32.6 Å². The zero-order chi connectivity index (χ0) is 23.3. The summed E-state index contributed by atoms with van der Waals surface area (Å²) in [4.78, 5) is 40.2. The molecule has 1 amide bonds. The molecule has 1 aliphatic heterocycles. The van der Waals surface area contributed by atoms with Gasteiger partial charge in [0, 0.05) is 19.0 Å².